The monoisotopic (exact) mass is 396 g/mol. The molecule has 152 valence electrons. The summed E-state index contributed by atoms with van der Waals surface area (Å²) in [6.45, 7) is 1.87. The number of rotatable bonds is 8. The Morgan fingerprint density at radius 3 is 2.72 bits per heavy atom. The Labute approximate surface area is 168 Å². The van der Waals surface area contributed by atoms with Crippen molar-refractivity contribution >= 4 is 41.1 Å². The molecule has 2 N–H and O–H groups in total. The maximum atomic E-state index is 13.1. The van der Waals surface area contributed by atoms with Crippen molar-refractivity contribution in [2.75, 3.05) is 4.90 Å². The molecular weight excluding hydrogens is 372 g/mol. The molecule has 0 radical (unpaired) electrons. The molecule has 1 unspecified atom stereocenters. The molecule has 1 aromatic carbocycles. The van der Waals surface area contributed by atoms with Gasteiger partial charge in [0, 0.05) is 28.8 Å². The van der Waals surface area contributed by atoms with Crippen LogP contribution < -0.4 is 15.5 Å². The number of hydrogen-bond acceptors (Lipinski definition) is 5. The lowest BCUT2D eigenvalue weighted by Crippen LogP contribution is -2.37. The molecule has 2 aromatic rings. The van der Waals surface area contributed by atoms with E-state index in [0.29, 0.717) is 30.5 Å². The highest BCUT2D eigenvalue weighted by atomic mass is 16.2. The minimum Gasteiger partial charge on any atom is -0.348 e. The van der Waals surface area contributed by atoms with Crippen molar-refractivity contribution in [3.05, 3.63) is 35.7 Å². The van der Waals surface area contributed by atoms with Gasteiger partial charge in [-0.3, -0.25) is 29.5 Å². The van der Waals surface area contributed by atoms with Crippen molar-refractivity contribution in [1.82, 2.24) is 15.6 Å². The van der Waals surface area contributed by atoms with Crippen LogP contribution in [0.15, 0.2) is 24.4 Å². The molecule has 0 bridgehead atoms. The summed E-state index contributed by atoms with van der Waals surface area (Å²) < 4.78 is 0. The summed E-state index contributed by atoms with van der Waals surface area (Å²) in [7, 11) is 0. The van der Waals surface area contributed by atoms with Gasteiger partial charge >= 0.3 is 0 Å². The second-order valence-electron chi connectivity index (χ2n) is 7.31. The van der Waals surface area contributed by atoms with Gasteiger partial charge < -0.3 is 10.2 Å². The number of imide groups is 1. The zero-order chi connectivity index (χ0) is 19.9. The van der Waals surface area contributed by atoms with Gasteiger partial charge in [0.15, 0.2) is 0 Å². The van der Waals surface area contributed by atoms with Crippen molar-refractivity contribution in [1.29, 1.82) is 0 Å². The van der Waals surface area contributed by atoms with Gasteiger partial charge in [-0.25, -0.2) is 0 Å². The van der Waals surface area contributed by atoms with Gasteiger partial charge in [0.25, 0.3) is 5.91 Å². The van der Waals surface area contributed by atoms with E-state index in [4.69, 9.17) is 0 Å². The van der Waals surface area contributed by atoms with Gasteiger partial charge in [-0.15, -0.1) is 0 Å². The van der Waals surface area contributed by atoms with Gasteiger partial charge in [-0.05, 0) is 32.3 Å². The molecule has 0 saturated heterocycles. The van der Waals surface area contributed by atoms with E-state index in [-0.39, 0.29) is 31.7 Å². The van der Waals surface area contributed by atoms with Crippen molar-refractivity contribution in [3.8, 4) is 0 Å². The number of hydrogen-bond donors (Lipinski definition) is 2. The number of pyridine rings is 1. The third kappa shape index (κ3) is 3.24. The first-order chi connectivity index (χ1) is 13.5. The van der Waals surface area contributed by atoms with Crippen LogP contribution in [0, 0.1) is 0 Å². The lowest BCUT2D eigenvalue weighted by molar-refractivity contribution is -0.125. The molecule has 1 saturated carbocycles. The van der Waals surface area contributed by atoms with Crippen LogP contribution in [0.4, 0.5) is 5.69 Å². The molecule has 0 spiro atoms. The molecule has 1 fully saturated rings. The third-order valence-corrected chi connectivity index (χ3v) is 5.59. The summed E-state index contributed by atoms with van der Waals surface area (Å²) in [6.07, 6.45) is 4.93. The van der Waals surface area contributed by atoms with E-state index in [9.17, 15) is 19.2 Å². The molecule has 4 rings (SSSR count). The van der Waals surface area contributed by atoms with Gasteiger partial charge in [0.2, 0.25) is 18.7 Å². The largest absolute Gasteiger partial charge is 0.348 e. The Hall–Kier alpha value is -3.29. The maximum absolute atomic E-state index is 13.1. The second-order valence-corrected chi connectivity index (χ2v) is 7.31. The zero-order valence-electron chi connectivity index (χ0n) is 15.4. The van der Waals surface area contributed by atoms with E-state index < -0.39 is 5.54 Å². The van der Waals surface area contributed by atoms with Gasteiger partial charge in [-0.2, -0.15) is 0 Å². The highest BCUT2D eigenvalue weighted by molar-refractivity contribution is 6.25. The summed E-state index contributed by atoms with van der Waals surface area (Å²) in [5.41, 5.74) is 1.65. The third-order valence-electron chi connectivity index (χ3n) is 5.59. The zero-order valence-corrected chi connectivity index (χ0v) is 15.4. The molecule has 8 heteroatoms. The molecular formula is C21H24N4O4. The number of nitrogens with zero attached hydrogens (tertiary/aromatic N) is 2. The van der Waals surface area contributed by atoms with Crippen LogP contribution >= 0.6 is 0 Å². The smallest absolute Gasteiger partial charge is 0.259 e. The predicted molar refractivity (Wildman–Crippen MR) is 108 cm³/mol. The van der Waals surface area contributed by atoms with E-state index >= 15 is 0 Å². The van der Waals surface area contributed by atoms with Crippen LogP contribution in [0.5, 0.6) is 0 Å². The molecule has 8 nitrogen and oxygen atoms in total. The SMILES string of the molecule is C.CC(CCC(=O)NC=O)N1C(=O)c2cccc3c(C4(NC=O)CC4)ncc1c23. The van der Waals surface area contributed by atoms with Gasteiger partial charge in [-0.1, -0.05) is 19.6 Å². The highest BCUT2D eigenvalue weighted by Crippen LogP contribution is 2.49. The van der Waals surface area contributed by atoms with Crippen LogP contribution in [0.3, 0.4) is 0 Å². The second kappa shape index (κ2) is 7.62. The molecule has 4 amide bonds. The maximum Gasteiger partial charge on any atom is 0.259 e. The fraction of sp³-hybridized carbons (Fsp3) is 0.381. The lowest BCUT2D eigenvalue weighted by Gasteiger charge is -2.25. The lowest BCUT2D eigenvalue weighted by atomic mass is 10.00. The van der Waals surface area contributed by atoms with Crippen LogP contribution in [-0.4, -0.2) is 35.7 Å². The average Bonchev–Trinajstić information content (AvgIpc) is 3.40. The molecule has 1 atom stereocenters. The Balaban J connectivity index is 0.00000240. The van der Waals surface area contributed by atoms with Crippen LogP contribution in [0.2, 0.25) is 0 Å². The summed E-state index contributed by atoms with van der Waals surface area (Å²) in [5.74, 6) is -0.503. The van der Waals surface area contributed by atoms with Crippen molar-refractivity contribution in [3.63, 3.8) is 0 Å². The summed E-state index contributed by atoms with van der Waals surface area (Å²) in [5, 5.41) is 6.69. The van der Waals surface area contributed by atoms with Crippen LogP contribution in [0.25, 0.3) is 10.8 Å². The Morgan fingerprint density at radius 1 is 1.31 bits per heavy atom. The molecule has 1 aliphatic heterocycles. The fourth-order valence-electron chi connectivity index (χ4n) is 4.00. The standard InChI is InChI=1S/C20H20N4O4.CH4/c1-12(5-6-16(27)22-10-25)24-15-9-21-18(20(7-8-20)23-11-26)13-3-2-4-14(17(13)15)19(24)28;/h2-4,9-12H,5-8H2,1H3,(H,23,26)(H,22,25,27);1H4. The number of nitrogens with one attached hydrogen (secondary N) is 2. The number of amides is 4. The predicted octanol–water partition coefficient (Wildman–Crippen LogP) is 2.01. The minimum atomic E-state index is -0.450. The minimum absolute atomic E-state index is 0. The normalized spacial score (nSPS) is 16.7. The molecule has 2 heterocycles. The van der Waals surface area contributed by atoms with E-state index in [2.05, 4.69) is 15.6 Å². The Morgan fingerprint density at radius 2 is 2.07 bits per heavy atom. The number of anilines is 1. The Bertz CT molecular complexity index is 1000. The summed E-state index contributed by atoms with van der Waals surface area (Å²) >= 11 is 0. The first-order valence-electron chi connectivity index (χ1n) is 9.22. The quantitative estimate of drug-likeness (QED) is 0.664. The molecule has 2 aliphatic rings. The van der Waals surface area contributed by atoms with E-state index in [0.717, 1.165) is 29.3 Å². The number of aromatic nitrogens is 1. The van der Waals surface area contributed by atoms with E-state index in [1.807, 2.05) is 19.1 Å². The molecule has 1 aliphatic carbocycles. The first kappa shape index (κ1) is 20.4. The summed E-state index contributed by atoms with van der Waals surface area (Å²) in [4.78, 5) is 52.3. The molecule has 29 heavy (non-hydrogen) atoms. The number of carbonyl (C=O) groups excluding carboxylic acids is 4. The highest BCUT2D eigenvalue weighted by Gasteiger charge is 2.47. The fourth-order valence-corrected chi connectivity index (χ4v) is 4.00. The van der Waals surface area contributed by atoms with Crippen molar-refractivity contribution in [2.24, 2.45) is 0 Å². The summed E-state index contributed by atoms with van der Waals surface area (Å²) in [6, 6.07) is 5.30. The van der Waals surface area contributed by atoms with E-state index in [1.54, 1.807) is 17.2 Å². The number of benzene rings is 1. The van der Waals surface area contributed by atoms with Crippen molar-refractivity contribution in [2.45, 2.75) is 51.6 Å². The number of carbonyl (C=O) groups is 4. The Kier molecular flexibility index (Phi) is 5.37. The van der Waals surface area contributed by atoms with Crippen LogP contribution in [0.1, 0.15) is 56.1 Å². The van der Waals surface area contributed by atoms with Crippen LogP contribution in [-0.2, 0) is 19.9 Å². The van der Waals surface area contributed by atoms with E-state index in [1.165, 1.54) is 0 Å². The molecule has 1 aromatic heterocycles. The van der Waals surface area contributed by atoms with Crippen molar-refractivity contribution < 1.29 is 19.2 Å². The first-order valence-corrected chi connectivity index (χ1v) is 9.22. The van der Waals surface area contributed by atoms with Gasteiger partial charge in [0.05, 0.1) is 23.1 Å². The topological polar surface area (TPSA) is 108 Å². The van der Waals surface area contributed by atoms with Gasteiger partial charge in [0.1, 0.15) is 0 Å². The average molecular weight is 396 g/mol.